The molecule has 0 saturated carbocycles. The zero-order chi connectivity index (χ0) is 21.3. The van der Waals surface area contributed by atoms with Crippen LogP contribution in [-0.4, -0.2) is 39.2 Å². The Bertz CT molecular complexity index is 914. The molecular formula is C23H27FN2O4. The van der Waals surface area contributed by atoms with E-state index in [0.717, 1.165) is 24.8 Å². The third-order valence-electron chi connectivity index (χ3n) is 5.19. The van der Waals surface area contributed by atoms with E-state index < -0.39 is 12.8 Å². The molecule has 0 bridgehead atoms. The molecule has 7 heteroatoms. The summed E-state index contributed by atoms with van der Waals surface area (Å²) in [5.74, 6) is 0.879. The number of nitrogens with zero attached hydrogens (tertiary/aromatic N) is 1. The van der Waals surface area contributed by atoms with Crippen molar-refractivity contribution in [1.29, 1.82) is 0 Å². The highest BCUT2D eigenvalue weighted by Gasteiger charge is 2.18. The average molecular weight is 414 g/mol. The number of fused-ring (bicyclic) bond motifs is 1. The number of oxime groups is 1. The molecule has 0 saturated heterocycles. The molecule has 0 fully saturated rings. The van der Waals surface area contributed by atoms with Gasteiger partial charge in [-0.3, -0.25) is 4.79 Å². The van der Waals surface area contributed by atoms with Gasteiger partial charge in [0.05, 0.1) is 14.2 Å². The van der Waals surface area contributed by atoms with Gasteiger partial charge in [0.25, 0.3) is 12.8 Å². The number of carbonyl (C=O) groups excluding carboxylic acids is 1. The Labute approximate surface area is 176 Å². The van der Waals surface area contributed by atoms with Crippen LogP contribution in [0.4, 0.5) is 4.39 Å². The lowest BCUT2D eigenvalue weighted by atomic mass is 9.89. The van der Waals surface area contributed by atoms with E-state index in [0.29, 0.717) is 30.0 Å². The fourth-order valence-corrected chi connectivity index (χ4v) is 3.64. The van der Waals surface area contributed by atoms with E-state index in [1.165, 1.54) is 17.5 Å². The minimum atomic E-state index is -1.09. The molecule has 1 N–H and O–H groups in total. The van der Waals surface area contributed by atoms with E-state index in [1.54, 1.807) is 14.2 Å². The predicted molar refractivity (Wildman–Crippen MR) is 113 cm³/mol. The molecule has 2 aromatic carbocycles. The number of nitrogens with one attached hydrogen (secondary N) is 1. The van der Waals surface area contributed by atoms with E-state index in [9.17, 15) is 9.18 Å². The number of halogens is 1. The lowest BCUT2D eigenvalue weighted by Crippen LogP contribution is -2.33. The Morgan fingerprint density at radius 3 is 2.53 bits per heavy atom. The molecule has 0 unspecified atom stereocenters. The van der Waals surface area contributed by atoms with Crippen LogP contribution in [0.5, 0.6) is 11.5 Å². The highest BCUT2D eigenvalue weighted by atomic mass is 19.1. The largest absolute Gasteiger partial charge is 0.493 e. The van der Waals surface area contributed by atoms with E-state index in [1.807, 2.05) is 36.4 Å². The van der Waals surface area contributed by atoms with Gasteiger partial charge in [-0.2, -0.15) is 0 Å². The molecule has 0 heterocycles. The lowest BCUT2D eigenvalue weighted by molar-refractivity contribution is -0.114. The molecule has 0 aromatic heterocycles. The van der Waals surface area contributed by atoms with Crippen LogP contribution in [-0.2, 0) is 28.9 Å². The van der Waals surface area contributed by atoms with Gasteiger partial charge in [0.15, 0.2) is 17.2 Å². The number of aryl methyl sites for hydroxylation is 2. The first-order valence-corrected chi connectivity index (χ1v) is 10.0. The molecule has 1 aliphatic carbocycles. The Balaban J connectivity index is 1.68. The number of benzene rings is 2. The maximum Gasteiger partial charge on any atom is 0.273 e. The van der Waals surface area contributed by atoms with Crippen LogP contribution in [0.15, 0.2) is 41.6 Å². The Kier molecular flexibility index (Phi) is 7.65. The van der Waals surface area contributed by atoms with Gasteiger partial charge < -0.3 is 19.6 Å². The third-order valence-corrected chi connectivity index (χ3v) is 5.19. The number of ether oxygens (including phenoxy) is 2. The number of alkyl halides is 1. The van der Waals surface area contributed by atoms with Crippen molar-refractivity contribution < 1.29 is 23.5 Å². The SMILES string of the molecule is COc1ccc(CCNC(=O)/C(=N\OCF)c2ccc3c(c2)CCCC3)cc1OC. The number of hydrogen-bond donors (Lipinski definition) is 1. The average Bonchev–Trinajstić information content (AvgIpc) is 2.79. The smallest absolute Gasteiger partial charge is 0.273 e. The number of methoxy groups -OCH3 is 2. The number of carbonyl (C=O) groups is 1. The van der Waals surface area contributed by atoms with Crippen molar-refractivity contribution in [1.82, 2.24) is 5.32 Å². The van der Waals surface area contributed by atoms with Gasteiger partial charge in [-0.25, -0.2) is 4.39 Å². The number of hydrogen-bond acceptors (Lipinski definition) is 5. The van der Waals surface area contributed by atoms with E-state index in [4.69, 9.17) is 9.47 Å². The standard InChI is InChI=1S/C23H27FN2O4/c1-28-20-10-7-16(13-21(20)29-2)11-12-25-23(27)22(26-30-15-24)19-9-8-17-5-3-4-6-18(17)14-19/h7-10,13-14H,3-6,11-12,15H2,1-2H3,(H,25,27)/b26-22-. The molecule has 0 spiro atoms. The molecule has 1 amide bonds. The summed E-state index contributed by atoms with van der Waals surface area (Å²) >= 11 is 0. The second kappa shape index (κ2) is 10.6. The lowest BCUT2D eigenvalue weighted by Gasteiger charge is -2.17. The van der Waals surface area contributed by atoms with Crippen LogP contribution in [0.25, 0.3) is 0 Å². The predicted octanol–water partition coefficient (Wildman–Crippen LogP) is 3.59. The molecule has 0 radical (unpaired) electrons. The zero-order valence-corrected chi connectivity index (χ0v) is 17.4. The second-order valence-corrected chi connectivity index (χ2v) is 7.06. The molecule has 30 heavy (non-hydrogen) atoms. The molecule has 0 aliphatic heterocycles. The second-order valence-electron chi connectivity index (χ2n) is 7.06. The topological polar surface area (TPSA) is 69.2 Å². The Hall–Kier alpha value is -3.09. The summed E-state index contributed by atoms with van der Waals surface area (Å²) in [6.45, 7) is -0.707. The molecule has 2 aromatic rings. The first-order valence-electron chi connectivity index (χ1n) is 10.0. The van der Waals surface area contributed by atoms with Crippen molar-refractivity contribution in [2.45, 2.75) is 32.1 Å². The first kappa shape index (κ1) is 21.6. The highest BCUT2D eigenvalue weighted by molar-refractivity contribution is 6.45. The Morgan fingerprint density at radius 2 is 1.80 bits per heavy atom. The van der Waals surface area contributed by atoms with Gasteiger partial charge in [0.2, 0.25) is 0 Å². The van der Waals surface area contributed by atoms with Gasteiger partial charge in [0, 0.05) is 12.1 Å². The fourth-order valence-electron chi connectivity index (χ4n) is 3.64. The van der Waals surface area contributed by atoms with Crippen LogP contribution < -0.4 is 14.8 Å². The molecule has 160 valence electrons. The maximum atomic E-state index is 12.7. The van der Waals surface area contributed by atoms with Crippen LogP contribution in [0.1, 0.15) is 35.1 Å². The van der Waals surface area contributed by atoms with Crippen molar-refractivity contribution in [2.24, 2.45) is 5.16 Å². The molecule has 1 aliphatic rings. The van der Waals surface area contributed by atoms with Crippen molar-refractivity contribution >= 4 is 11.6 Å². The first-order chi connectivity index (χ1) is 14.7. The maximum absolute atomic E-state index is 12.7. The fraction of sp³-hybridized carbons (Fsp3) is 0.391. The normalized spacial score (nSPS) is 13.4. The van der Waals surface area contributed by atoms with Crippen LogP contribution in [0.3, 0.4) is 0 Å². The van der Waals surface area contributed by atoms with Gasteiger partial charge in [-0.05, 0) is 67.0 Å². The monoisotopic (exact) mass is 414 g/mol. The summed E-state index contributed by atoms with van der Waals surface area (Å²) in [7, 11) is 3.16. The summed E-state index contributed by atoms with van der Waals surface area (Å²) in [4.78, 5) is 17.3. The van der Waals surface area contributed by atoms with Gasteiger partial charge in [-0.15, -0.1) is 0 Å². The Morgan fingerprint density at radius 1 is 1.03 bits per heavy atom. The summed E-state index contributed by atoms with van der Waals surface area (Å²) in [5.41, 5.74) is 4.20. The van der Waals surface area contributed by atoms with Crippen molar-refractivity contribution in [2.75, 3.05) is 27.6 Å². The van der Waals surface area contributed by atoms with Crippen LogP contribution in [0.2, 0.25) is 0 Å². The van der Waals surface area contributed by atoms with Crippen LogP contribution in [0, 0.1) is 0 Å². The molecule has 6 nitrogen and oxygen atoms in total. The van der Waals surface area contributed by atoms with Gasteiger partial charge in [0.1, 0.15) is 0 Å². The van der Waals surface area contributed by atoms with E-state index >= 15 is 0 Å². The minimum Gasteiger partial charge on any atom is -0.493 e. The summed E-state index contributed by atoms with van der Waals surface area (Å²) in [6, 6.07) is 11.4. The highest BCUT2D eigenvalue weighted by Crippen LogP contribution is 2.27. The molecule has 0 atom stereocenters. The summed E-state index contributed by atoms with van der Waals surface area (Å²) < 4.78 is 23.1. The third kappa shape index (κ3) is 5.28. The summed E-state index contributed by atoms with van der Waals surface area (Å²) in [6.07, 6.45) is 4.91. The van der Waals surface area contributed by atoms with Crippen molar-refractivity contribution in [3.05, 3.63) is 58.7 Å². The van der Waals surface area contributed by atoms with Crippen molar-refractivity contribution in [3.8, 4) is 11.5 Å². The van der Waals surface area contributed by atoms with E-state index in [-0.39, 0.29) is 5.71 Å². The van der Waals surface area contributed by atoms with Gasteiger partial charge in [-0.1, -0.05) is 23.4 Å². The van der Waals surface area contributed by atoms with Gasteiger partial charge >= 0.3 is 0 Å². The van der Waals surface area contributed by atoms with E-state index in [2.05, 4.69) is 15.3 Å². The summed E-state index contributed by atoms with van der Waals surface area (Å²) in [5, 5.41) is 6.57. The number of amides is 1. The zero-order valence-electron chi connectivity index (χ0n) is 17.4. The quantitative estimate of drug-likeness (QED) is 0.503. The molecule has 3 rings (SSSR count). The number of rotatable bonds is 9. The minimum absolute atomic E-state index is 0.0772. The van der Waals surface area contributed by atoms with Crippen molar-refractivity contribution in [3.63, 3.8) is 0 Å². The molecular weight excluding hydrogens is 387 g/mol. The van der Waals surface area contributed by atoms with Crippen LogP contribution >= 0.6 is 0 Å².